The number of pyridine rings is 1. The summed E-state index contributed by atoms with van der Waals surface area (Å²) in [5.74, 6) is -0.190. The summed E-state index contributed by atoms with van der Waals surface area (Å²) in [5.41, 5.74) is 2.13. The van der Waals surface area contributed by atoms with E-state index in [0.29, 0.717) is 0 Å². The van der Waals surface area contributed by atoms with Gasteiger partial charge in [-0.1, -0.05) is 18.2 Å². The largest absolute Gasteiger partial charge is 0.311 e. The van der Waals surface area contributed by atoms with Crippen LogP contribution in [0.5, 0.6) is 0 Å². The van der Waals surface area contributed by atoms with Crippen LogP contribution in [0.4, 0.5) is 4.39 Å². The van der Waals surface area contributed by atoms with E-state index in [0.717, 1.165) is 35.4 Å². The molecular weight excluding hydrogens is 295 g/mol. The highest BCUT2D eigenvalue weighted by Crippen LogP contribution is 2.06. The molecule has 0 saturated heterocycles. The van der Waals surface area contributed by atoms with E-state index in [1.54, 1.807) is 0 Å². The van der Waals surface area contributed by atoms with Crippen molar-refractivity contribution < 1.29 is 4.39 Å². The Hall–Kier alpha value is -1.26. The van der Waals surface area contributed by atoms with Gasteiger partial charge in [0.15, 0.2) is 0 Å². The highest BCUT2D eigenvalue weighted by atomic mass is 79.9. The van der Waals surface area contributed by atoms with Gasteiger partial charge in [0.05, 0.1) is 5.69 Å². The summed E-state index contributed by atoms with van der Waals surface area (Å²) < 4.78 is 13.6. The minimum absolute atomic E-state index is 0.190. The summed E-state index contributed by atoms with van der Waals surface area (Å²) in [4.78, 5) is 4.33. The van der Waals surface area contributed by atoms with Crippen LogP contribution in [-0.4, -0.2) is 11.5 Å². The molecule has 94 valence electrons. The van der Waals surface area contributed by atoms with Crippen molar-refractivity contribution in [3.8, 4) is 0 Å². The van der Waals surface area contributed by atoms with Gasteiger partial charge in [-0.05, 0) is 58.7 Å². The fraction of sp³-hybridized carbons (Fsp3) is 0.214. The second kappa shape index (κ2) is 6.61. The van der Waals surface area contributed by atoms with Crippen LogP contribution in [0, 0.1) is 5.82 Å². The summed E-state index contributed by atoms with van der Waals surface area (Å²) in [6.07, 6.45) is 0.883. The smallest absolute Gasteiger partial charge is 0.123 e. The SMILES string of the molecule is Fc1ccc(CCNCc2cccc(Br)n2)cc1. The van der Waals surface area contributed by atoms with Gasteiger partial charge in [0.2, 0.25) is 0 Å². The number of nitrogens with one attached hydrogen (secondary N) is 1. The lowest BCUT2D eigenvalue weighted by Gasteiger charge is -2.05. The van der Waals surface area contributed by atoms with E-state index >= 15 is 0 Å². The second-order valence-corrected chi connectivity index (χ2v) is 4.82. The Morgan fingerprint density at radius 2 is 1.89 bits per heavy atom. The first-order valence-electron chi connectivity index (χ1n) is 5.80. The fourth-order valence-electron chi connectivity index (χ4n) is 1.65. The summed E-state index contributed by atoms with van der Waals surface area (Å²) in [6, 6.07) is 12.5. The lowest BCUT2D eigenvalue weighted by Crippen LogP contribution is -2.17. The third-order valence-corrected chi connectivity index (χ3v) is 3.02. The Balaban J connectivity index is 1.74. The second-order valence-electron chi connectivity index (χ2n) is 4.00. The number of hydrogen-bond acceptors (Lipinski definition) is 2. The molecule has 1 aromatic heterocycles. The molecule has 0 radical (unpaired) electrons. The third-order valence-electron chi connectivity index (χ3n) is 2.58. The number of benzene rings is 1. The molecule has 0 atom stereocenters. The van der Waals surface area contributed by atoms with Crippen molar-refractivity contribution in [1.29, 1.82) is 0 Å². The monoisotopic (exact) mass is 308 g/mol. The van der Waals surface area contributed by atoms with Crippen LogP contribution < -0.4 is 5.32 Å². The highest BCUT2D eigenvalue weighted by Gasteiger charge is 1.97. The lowest BCUT2D eigenvalue weighted by molar-refractivity contribution is 0.625. The molecule has 2 rings (SSSR count). The van der Waals surface area contributed by atoms with Gasteiger partial charge in [-0.2, -0.15) is 0 Å². The maximum absolute atomic E-state index is 12.7. The van der Waals surface area contributed by atoms with Crippen LogP contribution in [0.15, 0.2) is 47.1 Å². The van der Waals surface area contributed by atoms with Crippen molar-refractivity contribution in [2.24, 2.45) is 0 Å². The molecule has 0 aliphatic rings. The standard InChI is InChI=1S/C14H14BrFN2/c15-14-3-1-2-13(18-14)10-17-9-8-11-4-6-12(16)7-5-11/h1-7,17H,8-10H2. The zero-order valence-corrected chi connectivity index (χ0v) is 11.5. The Morgan fingerprint density at radius 1 is 1.11 bits per heavy atom. The first-order chi connectivity index (χ1) is 8.74. The van der Waals surface area contributed by atoms with Crippen molar-refractivity contribution in [3.63, 3.8) is 0 Å². The molecule has 18 heavy (non-hydrogen) atoms. The van der Waals surface area contributed by atoms with Gasteiger partial charge >= 0.3 is 0 Å². The topological polar surface area (TPSA) is 24.9 Å². The number of nitrogens with zero attached hydrogens (tertiary/aromatic N) is 1. The first-order valence-corrected chi connectivity index (χ1v) is 6.60. The Bertz CT molecular complexity index is 499. The fourth-order valence-corrected chi connectivity index (χ4v) is 2.03. The first kappa shape index (κ1) is 13.2. The average molecular weight is 309 g/mol. The predicted molar refractivity (Wildman–Crippen MR) is 73.7 cm³/mol. The minimum Gasteiger partial charge on any atom is -0.311 e. The Labute approximate surface area is 114 Å². The molecule has 0 aliphatic carbocycles. The normalized spacial score (nSPS) is 10.6. The molecular formula is C14H14BrFN2. The molecule has 0 bridgehead atoms. The third kappa shape index (κ3) is 4.20. The van der Waals surface area contributed by atoms with E-state index in [1.165, 1.54) is 12.1 Å². The molecule has 1 aromatic carbocycles. The van der Waals surface area contributed by atoms with Crippen molar-refractivity contribution >= 4 is 15.9 Å². The van der Waals surface area contributed by atoms with Gasteiger partial charge in [0.1, 0.15) is 10.4 Å². The molecule has 2 nitrogen and oxygen atoms in total. The maximum atomic E-state index is 12.7. The van der Waals surface area contributed by atoms with Gasteiger partial charge in [-0.15, -0.1) is 0 Å². The molecule has 0 aliphatic heterocycles. The number of halogens is 2. The Morgan fingerprint density at radius 3 is 2.61 bits per heavy atom. The van der Waals surface area contributed by atoms with Gasteiger partial charge in [0.25, 0.3) is 0 Å². The molecule has 4 heteroatoms. The summed E-state index contributed by atoms with van der Waals surface area (Å²) in [7, 11) is 0. The number of rotatable bonds is 5. The van der Waals surface area contributed by atoms with Crippen molar-refractivity contribution in [2.75, 3.05) is 6.54 Å². The molecule has 0 spiro atoms. The van der Waals surface area contributed by atoms with Crippen molar-refractivity contribution in [3.05, 3.63) is 64.1 Å². The molecule has 1 N–H and O–H groups in total. The summed E-state index contributed by atoms with van der Waals surface area (Å²) in [5, 5.41) is 3.31. The van der Waals surface area contributed by atoms with Gasteiger partial charge in [-0.3, -0.25) is 0 Å². The van der Waals surface area contributed by atoms with Gasteiger partial charge in [-0.25, -0.2) is 9.37 Å². The molecule has 1 heterocycles. The minimum atomic E-state index is -0.190. The predicted octanol–water partition coefficient (Wildman–Crippen LogP) is 3.32. The number of aromatic nitrogens is 1. The van der Waals surface area contributed by atoms with E-state index in [4.69, 9.17) is 0 Å². The average Bonchev–Trinajstić information content (AvgIpc) is 2.37. The van der Waals surface area contributed by atoms with E-state index < -0.39 is 0 Å². The van der Waals surface area contributed by atoms with Gasteiger partial charge < -0.3 is 5.32 Å². The van der Waals surface area contributed by atoms with Crippen LogP contribution >= 0.6 is 15.9 Å². The van der Waals surface area contributed by atoms with Crippen LogP contribution in [0.2, 0.25) is 0 Å². The maximum Gasteiger partial charge on any atom is 0.123 e. The van der Waals surface area contributed by atoms with E-state index in [9.17, 15) is 4.39 Å². The summed E-state index contributed by atoms with van der Waals surface area (Å²) >= 11 is 3.34. The van der Waals surface area contributed by atoms with E-state index in [2.05, 4.69) is 26.2 Å². The molecule has 2 aromatic rings. The van der Waals surface area contributed by atoms with Gasteiger partial charge in [0, 0.05) is 6.54 Å². The van der Waals surface area contributed by atoms with Crippen LogP contribution in [0.25, 0.3) is 0 Å². The van der Waals surface area contributed by atoms with Crippen LogP contribution in [0.1, 0.15) is 11.3 Å². The quantitative estimate of drug-likeness (QED) is 0.677. The molecule has 0 fully saturated rings. The van der Waals surface area contributed by atoms with E-state index in [1.807, 2.05) is 30.3 Å². The zero-order valence-electron chi connectivity index (χ0n) is 9.87. The molecule has 0 saturated carbocycles. The Kier molecular flexibility index (Phi) is 4.84. The summed E-state index contributed by atoms with van der Waals surface area (Å²) in [6.45, 7) is 1.58. The highest BCUT2D eigenvalue weighted by molar-refractivity contribution is 9.10. The number of hydrogen-bond donors (Lipinski definition) is 1. The van der Waals surface area contributed by atoms with Crippen LogP contribution in [0.3, 0.4) is 0 Å². The molecule has 0 unspecified atom stereocenters. The zero-order chi connectivity index (χ0) is 12.8. The van der Waals surface area contributed by atoms with Crippen molar-refractivity contribution in [1.82, 2.24) is 10.3 Å². The van der Waals surface area contributed by atoms with Crippen LogP contribution in [-0.2, 0) is 13.0 Å². The van der Waals surface area contributed by atoms with E-state index in [-0.39, 0.29) is 5.82 Å². The van der Waals surface area contributed by atoms with Crippen molar-refractivity contribution in [2.45, 2.75) is 13.0 Å². The lowest BCUT2D eigenvalue weighted by atomic mass is 10.1. The molecule has 0 amide bonds.